The van der Waals surface area contributed by atoms with Gasteiger partial charge in [-0.2, -0.15) is 0 Å². The van der Waals surface area contributed by atoms with Crippen LogP contribution in [0.25, 0.3) is 0 Å². The first-order valence-corrected chi connectivity index (χ1v) is 14.0. The van der Waals surface area contributed by atoms with Crippen LogP contribution in [-0.4, -0.2) is 51.4 Å². The number of amides is 2. The highest BCUT2D eigenvalue weighted by Gasteiger charge is 2.32. The van der Waals surface area contributed by atoms with Gasteiger partial charge >= 0.3 is 0 Å². The van der Waals surface area contributed by atoms with Gasteiger partial charge in [-0.05, 0) is 62.2 Å². The average molecular weight is 538 g/mol. The third kappa shape index (κ3) is 7.13. The van der Waals surface area contributed by atoms with Crippen LogP contribution in [-0.2, 0) is 26.2 Å². The number of ether oxygens (including phenoxy) is 1. The highest BCUT2D eigenvalue weighted by atomic mass is 32.2. The number of aryl methyl sites for hydroxylation is 1. The number of para-hydroxylation sites is 1. The Balaban J connectivity index is 1.99. The summed E-state index contributed by atoms with van der Waals surface area (Å²) in [6, 6.07) is 21.3. The molecule has 1 atom stereocenters. The second-order valence-corrected chi connectivity index (χ2v) is 10.9. The van der Waals surface area contributed by atoms with Crippen molar-refractivity contribution in [3.8, 4) is 5.75 Å². The van der Waals surface area contributed by atoms with Crippen LogP contribution in [0.3, 0.4) is 0 Å². The molecule has 0 spiro atoms. The SMILES string of the molecule is CCCNC(=O)[C@@H](C)N(Cc1cccc(C)c1)C(=O)CN(c1ccccc1)S(=O)(=O)c1ccc(OC)cc1. The molecule has 0 bridgehead atoms. The zero-order valence-electron chi connectivity index (χ0n) is 22.3. The fraction of sp³-hybridized carbons (Fsp3) is 0.310. The molecule has 3 aromatic carbocycles. The monoisotopic (exact) mass is 537 g/mol. The molecule has 0 aromatic heterocycles. The van der Waals surface area contributed by atoms with Crippen LogP contribution in [0.1, 0.15) is 31.4 Å². The zero-order valence-corrected chi connectivity index (χ0v) is 23.1. The summed E-state index contributed by atoms with van der Waals surface area (Å²) in [5.74, 6) is -0.272. The normalized spacial score (nSPS) is 11.9. The number of rotatable bonds is 12. The van der Waals surface area contributed by atoms with Gasteiger partial charge in [0.1, 0.15) is 18.3 Å². The van der Waals surface area contributed by atoms with Gasteiger partial charge in [0.05, 0.1) is 17.7 Å². The van der Waals surface area contributed by atoms with Crippen molar-refractivity contribution in [1.82, 2.24) is 10.2 Å². The van der Waals surface area contributed by atoms with Crippen LogP contribution in [0.5, 0.6) is 5.75 Å². The van der Waals surface area contributed by atoms with Crippen LogP contribution in [0.4, 0.5) is 5.69 Å². The lowest BCUT2D eigenvalue weighted by atomic mass is 10.1. The van der Waals surface area contributed by atoms with Gasteiger partial charge in [0.25, 0.3) is 10.0 Å². The maximum absolute atomic E-state index is 13.8. The van der Waals surface area contributed by atoms with Crippen LogP contribution in [0.2, 0.25) is 0 Å². The summed E-state index contributed by atoms with van der Waals surface area (Å²) in [4.78, 5) is 28.2. The number of carbonyl (C=O) groups is 2. The largest absolute Gasteiger partial charge is 0.497 e. The van der Waals surface area contributed by atoms with E-state index in [9.17, 15) is 18.0 Å². The first-order valence-electron chi connectivity index (χ1n) is 12.5. The first kappa shape index (κ1) is 28.7. The maximum atomic E-state index is 13.8. The van der Waals surface area contributed by atoms with E-state index in [0.29, 0.717) is 18.0 Å². The summed E-state index contributed by atoms with van der Waals surface area (Å²) < 4.78 is 33.8. The van der Waals surface area contributed by atoms with Gasteiger partial charge in [-0.1, -0.05) is 55.0 Å². The highest BCUT2D eigenvalue weighted by molar-refractivity contribution is 7.92. The number of methoxy groups -OCH3 is 1. The van der Waals surface area contributed by atoms with Crippen molar-refractivity contribution < 1.29 is 22.7 Å². The predicted molar refractivity (Wildman–Crippen MR) is 148 cm³/mol. The van der Waals surface area contributed by atoms with E-state index in [4.69, 9.17) is 4.74 Å². The van der Waals surface area contributed by atoms with Crippen molar-refractivity contribution >= 4 is 27.5 Å². The van der Waals surface area contributed by atoms with Gasteiger partial charge in [0, 0.05) is 13.1 Å². The Morgan fingerprint density at radius 2 is 1.66 bits per heavy atom. The molecule has 38 heavy (non-hydrogen) atoms. The topological polar surface area (TPSA) is 96.0 Å². The molecule has 3 aromatic rings. The predicted octanol–water partition coefficient (Wildman–Crippen LogP) is 4.14. The van der Waals surface area contributed by atoms with E-state index in [1.54, 1.807) is 49.4 Å². The minimum atomic E-state index is -4.12. The van der Waals surface area contributed by atoms with Crippen molar-refractivity contribution in [2.75, 3.05) is 24.5 Å². The second-order valence-electron chi connectivity index (χ2n) is 9.00. The Morgan fingerprint density at radius 1 is 0.974 bits per heavy atom. The van der Waals surface area contributed by atoms with Gasteiger partial charge in [-0.3, -0.25) is 13.9 Å². The Labute approximate surface area is 225 Å². The van der Waals surface area contributed by atoms with Crippen LogP contribution in [0.15, 0.2) is 83.8 Å². The number of nitrogens with one attached hydrogen (secondary N) is 1. The quantitative estimate of drug-likeness (QED) is 0.375. The zero-order chi connectivity index (χ0) is 27.7. The summed E-state index contributed by atoms with van der Waals surface area (Å²) in [7, 11) is -2.62. The molecule has 0 heterocycles. The van der Waals surface area contributed by atoms with E-state index in [2.05, 4.69) is 5.32 Å². The minimum absolute atomic E-state index is 0.0222. The molecule has 0 fully saturated rings. The van der Waals surface area contributed by atoms with E-state index in [-0.39, 0.29) is 17.3 Å². The lowest BCUT2D eigenvalue weighted by Crippen LogP contribution is -2.51. The van der Waals surface area contributed by atoms with Gasteiger partial charge in [0.2, 0.25) is 11.8 Å². The summed E-state index contributed by atoms with van der Waals surface area (Å²) in [6.45, 7) is 5.72. The molecule has 0 aliphatic heterocycles. The summed E-state index contributed by atoms with van der Waals surface area (Å²) >= 11 is 0. The second kappa shape index (κ2) is 13.1. The Kier molecular flexibility index (Phi) is 9.90. The molecule has 8 nitrogen and oxygen atoms in total. The lowest BCUT2D eigenvalue weighted by molar-refractivity contribution is -0.139. The van der Waals surface area contributed by atoms with Crippen molar-refractivity contribution in [3.63, 3.8) is 0 Å². The van der Waals surface area contributed by atoms with E-state index < -0.39 is 28.5 Å². The van der Waals surface area contributed by atoms with Gasteiger partial charge < -0.3 is 15.0 Å². The fourth-order valence-electron chi connectivity index (χ4n) is 3.98. The lowest BCUT2D eigenvalue weighted by Gasteiger charge is -2.32. The smallest absolute Gasteiger partial charge is 0.264 e. The van der Waals surface area contributed by atoms with Crippen LogP contribution < -0.4 is 14.4 Å². The molecule has 0 aliphatic rings. The van der Waals surface area contributed by atoms with Crippen molar-refractivity contribution in [3.05, 3.63) is 90.0 Å². The first-order chi connectivity index (χ1) is 18.2. The molecule has 202 valence electrons. The summed E-state index contributed by atoms with van der Waals surface area (Å²) in [6.07, 6.45) is 0.756. The number of sulfonamides is 1. The fourth-order valence-corrected chi connectivity index (χ4v) is 5.40. The number of hydrogen-bond donors (Lipinski definition) is 1. The number of anilines is 1. The van der Waals surface area contributed by atoms with E-state index >= 15 is 0 Å². The van der Waals surface area contributed by atoms with Crippen molar-refractivity contribution in [2.24, 2.45) is 0 Å². The van der Waals surface area contributed by atoms with Crippen LogP contribution in [0, 0.1) is 6.92 Å². The maximum Gasteiger partial charge on any atom is 0.264 e. The minimum Gasteiger partial charge on any atom is -0.497 e. The Morgan fingerprint density at radius 3 is 2.26 bits per heavy atom. The third-order valence-electron chi connectivity index (χ3n) is 6.12. The number of carbonyl (C=O) groups excluding carboxylic acids is 2. The summed E-state index contributed by atoms with van der Waals surface area (Å²) in [5.41, 5.74) is 2.21. The molecule has 0 radical (unpaired) electrons. The third-order valence-corrected chi connectivity index (χ3v) is 7.91. The molecule has 0 aliphatic carbocycles. The van der Waals surface area contributed by atoms with Gasteiger partial charge in [0.15, 0.2) is 0 Å². The molecule has 0 saturated heterocycles. The standard InChI is InChI=1S/C29H35N3O5S/c1-5-18-30-29(34)23(3)31(20-24-11-9-10-22(2)19-24)28(33)21-32(25-12-7-6-8-13-25)38(35,36)27-16-14-26(37-4)15-17-27/h6-17,19,23H,5,18,20-21H2,1-4H3,(H,30,34)/t23-/m1/s1. The highest BCUT2D eigenvalue weighted by Crippen LogP contribution is 2.25. The Bertz CT molecular complexity index is 1330. The van der Waals surface area contributed by atoms with E-state index in [1.165, 1.54) is 24.1 Å². The van der Waals surface area contributed by atoms with Crippen molar-refractivity contribution in [1.29, 1.82) is 0 Å². The number of hydrogen-bond acceptors (Lipinski definition) is 5. The number of nitrogens with zero attached hydrogens (tertiary/aromatic N) is 2. The molecule has 9 heteroatoms. The molecular weight excluding hydrogens is 502 g/mol. The van der Waals surface area contributed by atoms with Gasteiger partial charge in [-0.25, -0.2) is 8.42 Å². The Hall–Kier alpha value is -3.85. The summed E-state index contributed by atoms with van der Waals surface area (Å²) in [5, 5.41) is 2.84. The van der Waals surface area contributed by atoms with Crippen molar-refractivity contribution in [2.45, 2.75) is 44.7 Å². The molecule has 2 amide bonds. The number of benzene rings is 3. The molecule has 0 saturated carbocycles. The molecule has 1 N–H and O–H groups in total. The molecule has 0 unspecified atom stereocenters. The average Bonchev–Trinajstić information content (AvgIpc) is 2.93. The molecular formula is C29H35N3O5S. The molecule has 3 rings (SSSR count). The van der Waals surface area contributed by atoms with Gasteiger partial charge in [-0.15, -0.1) is 0 Å². The van der Waals surface area contributed by atoms with E-state index in [0.717, 1.165) is 21.9 Å². The van der Waals surface area contributed by atoms with E-state index in [1.807, 2.05) is 38.1 Å². The van der Waals surface area contributed by atoms with Crippen LogP contribution >= 0.6 is 0 Å².